The molecule has 8 heteroatoms. The van der Waals surface area contributed by atoms with Crippen molar-refractivity contribution in [1.29, 1.82) is 0 Å². The van der Waals surface area contributed by atoms with Crippen LogP contribution < -0.4 is 11.2 Å². The first kappa shape index (κ1) is 14.1. The topological polar surface area (TPSA) is 122 Å². The number of aliphatic hydroxyl groups excluding tert-OH is 1. The molecule has 1 aliphatic rings. The number of hydrogen-bond donors (Lipinski definition) is 3. The lowest BCUT2D eigenvalue weighted by Crippen LogP contribution is -2.31. The third-order valence-electron chi connectivity index (χ3n) is 2.45. The largest absolute Gasteiger partial charge is 0.483 e. The summed E-state index contributed by atoms with van der Waals surface area (Å²) in [6, 6.07) is 1.27. The van der Waals surface area contributed by atoms with E-state index >= 15 is 0 Å². The van der Waals surface area contributed by atoms with Crippen molar-refractivity contribution in [2.75, 3.05) is 6.61 Å². The molecule has 0 radical (unpaired) electrons. The Morgan fingerprint density at radius 1 is 1.50 bits per heavy atom. The summed E-state index contributed by atoms with van der Waals surface area (Å²) in [5.41, 5.74) is -0.904. The van der Waals surface area contributed by atoms with Gasteiger partial charge in [-0.1, -0.05) is 0 Å². The number of ether oxygens (including phenoxy) is 1. The van der Waals surface area contributed by atoms with Gasteiger partial charge >= 0.3 is 5.69 Å². The number of rotatable bonds is 2. The van der Waals surface area contributed by atoms with Crippen molar-refractivity contribution in [3.05, 3.63) is 33.1 Å². The summed E-state index contributed by atoms with van der Waals surface area (Å²) in [5, 5.41) is 15.8. The highest BCUT2D eigenvalue weighted by atomic mass is 16.5. The van der Waals surface area contributed by atoms with Crippen LogP contribution in [-0.4, -0.2) is 38.9 Å². The Morgan fingerprint density at radius 3 is 2.67 bits per heavy atom. The lowest BCUT2D eigenvalue weighted by molar-refractivity contribution is -0.122. The number of aliphatic hydroxyl groups is 1. The average Bonchev–Trinajstić information content (AvgIpc) is 2.78. The predicted molar refractivity (Wildman–Crippen MR) is 60.2 cm³/mol. The summed E-state index contributed by atoms with van der Waals surface area (Å²) in [6.45, 7) is -0.297. The lowest BCUT2D eigenvalue weighted by atomic mass is 10.2. The molecule has 2 heterocycles. The van der Waals surface area contributed by atoms with E-state index in [4.69, 9.17) is 19.7 Å². The lowest BCUT2D eigenvalue weighted by Gasteiger charge is -2.13. The first-order valence-corrected chi connectivity index (χ1v) is 5.28. The van der Waals surface area contributed by atoms with Crippen LogP contribution in [0.15, 0.2) is 21.9 Å². The number of nitrogens with one attached hydrogen (secondary N) is 1. The number of nitrogens with zero attached hydrogens (tertiary/aromatic N) is 1. The molecule has 2 unspecified atom stereocenters. The summed E-state index contributed by atoms with van der Waals surface area (Å²) in [4.78, 5) is 32.7. The zero-order valence-corrected chi connectivity index (χ0v) is 9.48. The highest BCUT2D eigenvalue weighted by molar-refractivity contribution is 5.32. The zero-order chi connectivity index (χ0) is 13.5. The van der Waals surface area contributed by atoms with Crippen LogP contribution >= 0.6 is 0 Å². The van der Waals surface area contributed by atoms with Gasteiger partial charge in [0.1, 0.15) is 6.23 Å². The van der Waals surface area contributed by atoms with E-state index in [1.807, 2.05) is 0 Å². The van der Waals surface area contributed by atoms with E-state index in [0.717, 1.165) is 0 Å². The summed E-state index contributed by atoms with van der Waals surface area (Å²) in [7, 11) is 0. The molecular weight excluding hydrogens is 244 g/mol. The molecule has 0 saturated carbocycles. The molecule has 3 N–H and O–H groups in total. The Hall–Kier alpha value is -1.93. The number of carbonyl (C=O) groups is 1. The number of aromatic amines is 1. The second-order valence-electron chi connectivity index (χ2n) is 3.60. The fraction of sp³-hybridized carbons (Fsp3) is 0.500. The molecule has 0 bridgehead atoms. The van der Waals surface area contributed by atoms with Crippen molar-refractivity contribution in [1.82, 2.24) is 9.55 Å². The molecule has 0 amide bonds. The maximum absolute atomic E-state index is 11.4. The second-order valence-corrected chi connectivity index (χ2v) is 3.60. The highest BCUT2D eigenvalue weighted by Gasteiger charge is 2.26. The fourth-order valence-corrected chi connectivity index (χ4v) is 1.68. The van der Waals surface area contributed by atoms with E-state index in [1.54, 1.807) is 0 Å². The molecular formula is C10H14N2O6. The quantitative estimate of drug-likeness (QED) is 0.579. The second kappa shape index (κ2) is 6.72. The van der Waals surface area contributed by atoms with Crippen molar-refractivity contribution in [3.63, 3.8) is 0 Å². The molecule has 1 aromatic rings. The van der Waals surface area contributed by atoms with Gasteiger partial charge in [-0.15, -0.1) is 0 Å². The minimum absolute atomic E-state index is 0.0470. The number of H-pyrrole nitrogens is 1. The molecule has 18 heavy (non-hydrogen) atoms. The molecule has 1 aromatic heterocycles. The first-order valence-electron chi connectivity index (χ1n) is 5.28. The van der Waals surface area contributed by atoms with Gasteiger partial charge in [-0.05, 0) is 12.8 Å². The fourth-order valence-electron chi connectivity index (χ4n) is 1.68. The number of carboxylic acid groups (broad SMARTS) is 1. The van der Waals surface area contributed by atoms with Gasteiger partial charge in [-0.25, -0.2) is 4.79 Å². The minimum atomic E-state index is -0.480. The maximum Gasteiger partial charge on any atom is 0.330 e. The molecule has 2 rings (SSSR count). The summed E-state index contributed by atoms with van der Waals surface area (Å²) in [5.74, 6) is 0. The Bertz CT molecular complexity index is 494. The number of hydrogen-bond acceptors (Lipinski definition) is 5. The average molecular weight is 258 g/mol. The molecule has 0 spiro atoms. The van der Waals surface area contributed by atoms with Gasteiger partial charge in [0.2, 0.25) is 0 Å². The van der Waals surface area contributed by atoms with Crippen molar-refractivity contribution >= 4 is 6.47 Å². The third kappa shape index (κ3) is 3.54. The van der Waals surface area contributed by atoms with Crippen LogP contribution in [0.5, 0.6) is 0 Å². The standard InChI is InChI=1S/C9H12N2O4.CH2O2/c12-5-6-1-2-8(15-6)11-4-3-7(13)10-9(11)14;2-1-3/h3-4,6,8,12H,1-2,5H2,(H,10,13,14);1H,(H,2,3). The van der Waals surface area contributed by atoms with Crippen LogP contribution in [0.1, 0.15) is 19.1 Å². The smallest absolute Gasteiger partial charge is 0.330 e. The Kier molecular flexibility index (Phi) is 5.28. The van der Waals surface area contributed by atoms with E-state index < -0.39 is 11.2 Å². The first-order chi connectivity index (χ1) is 8.62. The number of aromatic nitrogens is 2. The predicted octanol–water partition coefficient (Wildman–Crippen LogP) is -1.09. The molecule has 2 atom stereocenters. The van der Waals surface area contributed by atoms with Crippen molar-refractivity contribution < 1.29 is 19.7 Å². The van der Waals surface area contributed by atoms with Gasteiger partial charge < -0.3 is 14.9 Å². The molecule has 1 aliphatic heterocycles. The molecule has 100 valence electrons. The van der Waals surface area contributed by atoms with Crippen LogP contribution in [0.2, 0.25) is 0 Å². The van der Waals surface area contributed by atoms with E-state index in [-0.39, 0.29) is 25.4 Å². The molecule has 0 aromatic carbocycles. The monoisotopic (exact) mass is 258 g/mol. The van der Waals surface area contributed by atoms with Crippen LogP contribution in [0.3, 0.4) is 0 Å². The van der Waals surface area contributed by atoms with Crippen molar-refractivity contribution in [2.45, 2.75) is 25.2 Å². The van der Waals surface area contributed by atoms with Gasteiger partial charge in [0.25, 0.3) is 12.0 Å². The summed E-state index contributed by atoms with van der Waals surface area (Å²) < 4.78 is 6.74. The van der Waals surface area contributed by atoms with E-state index in [0.29, 0.717) is 12.8 Å². The van der Waals surface area contributed by atoms with Gasteiger partial charge in [0, 0.05) is 12.3 Å². The van der Waals surface area contributed by atoms with Crippen LogP contribution in [0.4, 0.5) is 0 Å². The molecule has 0 aliphatic carbocycles. The third-order valence-corrected chi connectivity index (χ3v) is 2.45. The van der Waals surface area contributed by atoms with E-state index in [1.165, 1.54) is 16.8 Å². The van der Waals surface area contributed by atoms with E-state index in [9.17, 15) is 9.59 Å². The Labute approximate surface area is 101 Å². The van der Waals surface area contributed by atoms with Gasteiger partial charge in [0.05, 0.1) is 12.7 Å². The normalized spacial score (nSPS) is 22.1. The SMILES string of the molecule is O=CO.O=c1ccn(C2CCC(CO)O2)c(=O)[nH]1. The summed E-state index contributed by atoms with van der Waals surface area (Å²) >= 11 is 0. The van der Waals surface area contributed by atoms with E-state index in [2.05, 4.69) is 4.98 Å². The van der Waals surface area contributed by atoms with Crippen molar-refractivity contribution in [2.24, 2.45) is 0 Å². The molecule has 1 saturated heterocycles. The Morgan fingerprint density at radius 2 is 2.17 bits per heavy atom. The Balaban J connectivity index is 0.000000492. The molecule has 8 nitrogen and oxygen atoms in total. The van der Waals surface area contributed by atoms with Crippen LogP contribution in [0.25, 0.3) is 0 Å². The van der Waals surface area contributed by atoms with Crippen molar-refractivity contribution in [3.8, 4) is 0 Å². The maximum atomic E-state index is 11.4. The highest BCUT2D eigenvalue weighted by Crippen LogP contribution is 2.26. The van der Waals surface area contributed by atoms with Gasteiger partial charge in [0.15, 0.2) is 0 Å². The minimum Gasteiger partial charge on any atom is -0.483 e. The van der Waals surface area contributed by atoms with Crippen LogP contribution in [0, 0.1) is 0 Å². The van der Waals surface area contributed by atoms with Crippen LogP contribution in [-0.2, 0) is 9.53 Å². The van der Waals surface area contributed by atoms with Gasteiger partial charge in [-0.3, -0.25) is 19.1 Å². The zero-order valence-electron chi connectivity index (χ0n) is 9.48. The van der Waals surface area contributed by atoms with Gasteiger partial charge in [-0.2, -0.15) is 0 Å². The molecule has 1 fully saturated rings. The summed E-state index contributed by atoms with van der Waals surface area (Å²) in [6.07, 6.45) is 2.19.